The molecular formula is C19H25N3O3. The molecule has 0 saturated heterocycles. The van der Waals surface area contributed by atoms with Crippen molar-refractivity contribution in [1.29, 1.82) is 0 Å². The molecule has 1 heterocycles. The third kappa shape index (κ3) is 4.92. The molecule has 1 aromatic carbocycles. The molecule has 0 spiro atoms. The summed E-state index contributed by atoms with van der Waals surface area (Å²) in [5.74, 6) is -0.0298. The number of allylic oxidation sites excluding steroid dienone is 1. The number of carbonyl (C=O) groups is 2. The summed E-state index contributed by atoms with van der Waals surface area (Å²) in [5, 5.41) is 5.97. The number of amidine groups is 1. The molecular weight excluding hydrogens is 318 g/mol. The van der Waals surface area contributed by atoms with Crippen molar-refractivity contribution in [2.45, 2.75) is 40.5 Å². The van der Waals surface area contributed by atoms with Crippen LogP contribution in [-0.4, -0.2) is 24.3 Å². The van der Waals surface area contributed by atoms with Crippen molar-refractivity contribution in [3.63, 3.8) is 0 Å². The van der Waals surface area contributed by atoms with Gasteiger partial charge in [0.05, 0.1) is 18.0 Å². The average Bonchev–Trinajstić information content (AvgIpc) is 2.68. The number of fused-ring (bicyclic) bond motifs is 1. The van der Waals surface area contributed by atoms with Crippen LogP contribution in [0.25, 0.3) is 0 Å². The maximum Gasteiger partial charge on any atom is 0.343 e. The van der Waals surface area contributed by atoms with Crippen molar-refractivity contribution >= 4 is 29.1 Å². The number of amides is 1. The summed E-state index contributed by atoms with van der Waals surface area (Å²) < 4.78 is 5.15. The quantitative estimate of drug-likeness (QED) is 0.802. The second-order valence-electron chi connectivity index (χ2n) is 6.30. The Bertz CT molecular complexity index is 720. The summed E-state index contributed by atoms with van der Waals surface area (Å²) in [6.07, 6.45) is 1.15. The Morgan fingerprint density at radius 3 is 2.68 bits per heavy atom. The summed E-state index contributed by atoms with van der Waals surface area (Å²) >= 11 is 0. The number of nitrogens with zero attached hydrogens (tertiary/aromatic N) is 1. The first-order valence-electron chi connectivity index (χ1n) is 8.55. The van der Waals surface area contributed by atoms with Crippen LogP contribution in [0.1, 0.15) is 40.5 Å². The second kappa shape index (κ2) is 8.46. The number of esters is 1. The second-order valence-corrected chi connectivity index (χ2v) is 6.30. The molecule has 6 heteroatoms. The van der Waals surface area contributed by atoms with Crippen LogP contribution < -0.4 is 10.6 Å². The zero-order valence-corrected chi connectivity index (χ0v) is 15.2. The first kappa shape index (κ1) is 18.7. The molecule has 134 valence electrons. The number of carbonyl (C=O) groups excluding carboxylic acids is 2. The van der Waals surface area contributed by atoms with E-state index < -0.39 is 5.97 Å². The van der Waals surface area contributed by atoms with E-state index in [9.17, 15) is 9.59 Å². The van der Waals surface area contributed by atoms with Crippen LogP contribution in [0.5, 0.6) is 0 Å². The summed E-state index contributed by atoms with van der Waals surface area (Å²) in [7, 11) is 0. The van der Waals surface area contributed by atoms with Gasteiger partial charge in [0.25, 0.3) is 0 Å². The van der Waals surface area contributed by atoms with Crippen molar-refractivity contribution in [1.82, 2.24) is 5.32 Å². The van der Waals surface area contributed by atoms with Gasteiger partial charge in [-0.15, -0.1) is 0 Å². The highest BCUT2D eigenvalue weighted by atomic mass is 16.5. The van der Waals surface area contributed by atoms with Gasteiger partial charge in [0, 0.05) is 12.1 Å². The molecule has 0 unspecified atom stereocenters. The van der Waals surface area contributed by atoms with Crippen molar-refractivity contribution in [2.24, 2.45) is 10.9 Å². The largest absolute Gasteiger partial charge is 0.462 e. The normalized spacial score (nSPS) is 13.6. The van der Waals surface area contributed by atoms with Crippen LogP contribution in [0.15, 0.2) is 40.5 Å². The van der Waals surface area contributed by atoms with E-state index >= 15 is 0 Å². The zero-order valence-electron chi connectivity index (χ0n) is 15.2. The van der Waals surface area contributed by atoms with Crippen LogP contribution in [0, 0.1) is 5.92 Å². The SMILES string of the molecule is CCOC(=O)C1=C(C)Nc2ccccc2N=C1NC(=O)CCC(C)C. The van der Waals surface area contributed by atoms with Crippen LogP contribution in [-0.2, 0) is 14.3 Å². The molecule has 2 N–H and O–H groups in total. The van der Waals surface area contributed by atoms with Gasteiger partial charge in [-0.1, -0.05) is 26.0 Å². The third-order valence-corrected chi connectivity index (χ3v) is 3.76. The lowest BCUT2D eigenvalue weighted by Crippen LogP contribution is -2.35. The zero-order chi connectivity index (χ0) is 18.4. The summed E-state index contributed by atoms with van der Waals surface area (Å²) in [5.41, 5.74) is 2.26. The summed E-state index contributed by atoms with van der Waals surface area (Å²) in [6, 6.07) is 7.43. The molecule has 6 nitrogen and oxygen atoms in total. The van der Waals surface area contributed by atoms with Gasteiger partial charge in [-0.3, -0.25) is 4.79 Å². The van der Waals surface area contributed by atoms with Crippen molar-refractivity contribution in [3.8, 4) is 0 Å². The molecule has 2 rings (SSSR count). The van der Waals surface area contributed by atoms with Crippen LogP contribution in [0.2, 0.25) is 0 Å². The van der Waals surface area contributed by atoms with Gasteiger partial charge in [0.1, 0.15) is 11.4 Å². The van der Waals surface area contributed by atoms with Crippen molar-refractivity contribution in [2.75, 3.05) is 11.9 Å². The Hall–Kier alpha value is -2.63. The molecule has 0 aromatic heterocycles. The monoisotopic (exact) mass is 343 g/mol. The predicted molar refractivity (Wildman–Crippen MR) is 98.7 cm³/mol. The van der Waals surface area contributed by atoms with Crippen LogP contribution in [0.4, 0.5) is 11.4 Å². The number of ether oxygens (including phenoxy) is 1. The minimum absolute atomic E-state index is 0.165. The highest BCUT2D eigenvalue weighted by molar-refractivity contribution is 6.24. The highest BCUT2D eigenvalue weighted by Crippen LogP contribution is 2.30. The Balaban J connectivity index is 2.37. The predicted octanol–water partition coefficient (Wildman–Crippen LogP) is 3.53. The average molecular weight is 343 g/mol. The molecule has 25 heavy (non-hydrogen) atoms. The first-order chi connectivity index (χ1) is 11.9. The van der Waals surface area contributed by atoms with E-state index in [1.54, 1.807) is 13.8 Å². The fraction of sp³-hybridized carbons (Fsp3) is 0.421. The number of aliphatic imine (C=N–C) groups is 1. The standard InChI is InChI=1S/C19H25N3O3/c1-5-25-19(24)17-13(4)20-14-8-6-7-9-15(14)21-18(17)22-16(23)11-10-12(2)3/h6-9,12,20H,5,10-11H2,1-4H3,(H,21,22,23). The van der Waals surface area contributed by atoms with Gasteiger partial charge in [-0.25, -0.2) is 9.79 Å². The lowest BCUT2D eigenvalue weighted by molar-refractivity contribution is -0.137. The molecule has 1 aliphatic rings. The van der Waals surface area contributed by atoms with Crippen LogP contribution in [0.3, 0.4) is 0 Å². The molecule has 0 radical (unpaired) electrons. The van der Waals surface area contributed by atoms with Crippen LogP contribution >= 0.6 is 0 Å². The topological polar surface area (TPSA) is 79.8 Å². The molecule has 1 aromatic rings. The minimum Gasteiger partial charge on any atom is -0.462 e. The fourth-order valence-corrected chi connectivity index (χ4v) is 2.45. The lowest BCUT2D eigenvalue weighted by atomic mass is 10.1. The molecule has 0 bridgehead atoms. The number of benzene rings is 1. The number of hydrogen-bond donors (Lipinski definition) is 2. The lowest BCUT2D eigenvalue weighted by Gasteiger charge is -2.13. The molecule has 1 amide bonds. The van der Waals surface area contributed by atoms with Gasteiger partial charge >= 0.3 is 5.97 Å². The number of anilines is 1. The Morgan fingerprint density at radius 2 is 2.00 bits per heavy atom. The van der Waals surface area contributed by atoms with E-state index in [4.69, 9.17) is 4.74 Å². The van der Waals surface area contributed by atoms with Crippen molar-refractivity contribution in [3.05, 3.63) is 35.5 Å². The summed E-state index contributed by atoms with van der Waals surface area (Å²) in [6.45, 7) is 7.88. The minimum atomic E-state index is -0.511. The maximum atomic E-state index is 12.4. The number of hydrogen-bond acceptors (Lipinski definition) is 5. The third-order valence-electron chi connectivity index (χ3n) is 3.76. The van der Waals surface area contributed by atoms with E-state index in [-0.39, 0.29) is 23.9 Å². The molecule has 0 aliphatic carbocycles. The van der Waals surface area contributed by atoms with Gasteiger partial charge < -0.3 is 15.4 Å². The van der Waals surface area contributed by atoms with E-state index in [1.165, 1.54) is 0 Å². The van der Waals surface area contributed by atoms with Gasteiger partial charge in [0.2, 0.25) is 5.91 Å². The maximum absolute atomic E-state index is 12.4. The smallest absolute Gasteiger partial charge is 0.343 e. The van der Waals surface area contributed by atoms with Gasteiger partial charge in [-0.2, -0.15) is 0 Å². The van der Waals surface area contributed by atoms with E-state index in [0.717, 1.165) is 12.1 Å². The number of rotatable bonds is 5. The Kier molecular flexibility index (Phi) is 6.33. The van der Waals surface area contributed by atoms with Gasteiger partial charge in [-0.05, 0) is 38.3 Å². The first-order valence-corrected chi connectivity index (χ1v) is 8.55. The Labute approximate surface area is 148 Å². The number of nitrogens with one attached hydrogen (secondary N) is 2. The number of para-hydroxylation sites is 2. The molecule has 0 fully saturated rings. The molecule has 1 aliphatic heterocycles. The fourth-order valence-electron chi connectivity index (χ4n) is 2.45. The van der Waals surface area contributed by atoms with E-state index in [0.29, 0.717) is 23.7 Å². The molecule has 0 saturated carbocycles. The van der Waals surface area contributed by atoms with Crippen molar-refractivity contribution < 1.29 is 14.3 Å². The van der Waals surface area contributed by atoms with Gasteiger partial charge in [0.15, 0.2) is 0 Å². The Morgan fingerprint density at radius 1 is 1.28 bits per heavy atom. The summed E-state index contributed by atoms with van der Waals surface area (Å²) in [4.78, 5) is 29.2. The van der Waals surface area contributed by atoms with E-state index in [2.05, 4.69) is 29.5 Å². The molecule has 0 atom stereocenters. The highest BCUT2D eigenvalue weighted by Gasteiger charge is 2.25. The van der Waals surface area contributed by atoms with E-state index in [1.807, 2.05) is 24.3 Å².